The maximum Gasteiger partial charge on any atom is 0.143 e. The van der Waals surface area contributed by atoms with E-state index in [0.29, 0.717) is 11.6 Å². The van der Waals surface area contributed by atoms with Crippen molar-refractivity contribution in [2.75, 3.05) is 69.9 Å². The minimum Gasteiger partial charge on any atom is -0.495 e. The quantitative estimate of drug-likeness (QED) is 0.639. The van der Waals surface area contributed by atoms with Crippen LogP contribution in [0.4, 0.5) is 11.4 Å². The number of rotatable bonds is 5. The number of benzene rings is 1. The number of nitrogens with two attached hydrogens (primary N) is 1. The summed E-state index contributed by atoms with van der Waals surface area (Å²) in [5.74, 6) is 1.37. The van der Waals surface area contributed by atoms with E-state index >= 15 is 0 Å². The van der Waals surface area contributed by atoms with Gasteiger partial charge in [-0.25, -0.2) is 0 Å². The van der Waals surface area contributed by atoms with E-state index < -0.39 is 0 Å². The first kappa shape index (κ1) is 18.6. The van der Waals surface area contributed by atoms with Crippen LogP contribution in [-0.4, -0.2) is 75.1 Å². The van der Waals surface area contributed by atoms with Crippen molar-refractivity contribution < 1.29 is 4.74 Å². The van der Waals surface area contributed by atoms with Gasteiger partial charge in [0.15, 0.2) is 0 Å². The van der Waals surface area contributed by atoms with Gasteiger partial charge in [0.05, 0.1) is 12.8 Å². The van der Waals surface area contributed by atoms with E-state index in [0.717, 1.165) is 31.3 Å². The Morgan fingerprint density at radius 3 is 2.40 bits per heavy atom. The molecular formula is C19H31ClN4O. The molecule has 0 atom stereocenters. The Morgan fingerprint density at radius 2 is 1.80 bits per heavy atom. The number of aryl methyl sites for hydroxylation is 1. The zero-order valence-corrected chi connectivity index (χ0v) is 16.3. The van der Waals surface area contributed by atoms with Crippen LogP contribution in [-0.2, 0) is 6.42 Å². The van der Waals surface area contributed by atoms with Crippen LogP contribution in [0.15, 0.2) is 12.1 Å². The van der Waals surface area contributed by atoms with Gasteiger partial charge in [0.2, 0.25) is 0 Å². The topological polar surface area (TPSA) is 45.0 Å². The minimum atomic E-state index is 0.608. The van der Waals surface area contributed by atoms with Crippen LogP contribution in [0.3, 0.4) is 0 Å². The van der Waals surface area contributed by atoms with E-state index in [9.17, 15) is 0 Å². The average Bonchev–Trinajstić information content (AvgIpc) is 2.63. The van der Waals surface area contributed by atoms with Crippen molar-refractivity contribution in [3.05, 3.63) is 17.7 Å². The van der Waals surface area contributed by atoms with Crippen LogP contribution in [0, 0.1) is 0 Å². The van der Waals surface area contributed by atoms with Crippen molar-refractivity contribution >= 4 is 23.0 Å². The maximum absolute atomic E-state index is 6.09. The van der Waals surface area contributed by atoms with Gasteiger partial charge in [-0.2, -0.15) is 0 Å². The summed E-state index contributed by atoms with van der Waals surface area (Å²) in [5, 5.41) is 0. The molecule has 0 unspecified atom stereocenters. The predicted molar refractivity (Wildman–Crippen MR) is 106 cm³/mol. The molecule has 0 aromatic heterocycles. The summed E-state index contributed by atoms with van der Waals surface area (Å²) >= 11 is 6.01. The van der Waals surface area contributed by atoms with Crippen molar-refractivity contribution in [1.82, 2.24) is 9.80 Å². The standard InChI is InChI=1S/C19H31ClN4O/c1-22-9-11-23(12-10-22)16-4-7-24(8-5-16)18-14-19(25-2)17(21)13-15(18)3-6-20/h13-14,16H,3-12,21H2,1-2H3. The number of methoxy groups -OCH3 is 1. The molecule has 140 valence electrons. The van der Waals surface area contributed by atoms with Gasteiger partial charge < -0.3 is 20.3 Å². The first-order valence-electron chi connectivity index (χ1n) is 9.32. The van der Waals surface area contributed by atoms with Crippen molar-refractivity contribution in [2.24, 2.45) is 0 Å². The van der Waals surface area contributed by atoms with Gasteiger partial charge in [-0.3, -0.25) is 4.90 Å². The highest BCUT2D eigenvalue weighted by Crippen LogP contribution is 2.34. The molecule has 0 bridgehead atoms. The van der Waals surface area contributed by atoms with E-state index in [-0.39, 0.29) is 0 Å². The third kappa shape index (κ3) is 4.33. The molecule has 5 nitrogen and oxygen atoms in total. The number of halogens is 1. The van der Waals surface area contributed by atoms with E-state index in [1.54, 1.807) is 7.11 Å². The fraction of sp³-hybridized carbons (Fsp3) is 0.684. The Bertz CT molecular complexity index is 567. The second-order valence-electron chi connectivity index (χ2n) is 7.22. The molecule has 2 saturated heterocycles. The summed E-state index contributed by atoms with van der Waals surface area (Å²) in [5.41, 5.74) is 9.25. The summed E-state index contributed by atoms with van der Waals surface area (Å²) in [6, 6.07) is 4.84. The third-order valence-corrected chi connectivity index (χ3v) is 5.84. The van der Waals surface area contributed by atoms with E-state index in [4.69, 9.17) is 22.1 Å². The third-order valence-electron chi connectivity index (χ3n) is 5.65. The van der Waals surface area contributed by atoms with Crippen LogP contribution in [0.25, 0.3) is 0 Å². The fourth-order valence-electron chi connectivity index (χ4n) is 4.07. The van der Waals surface area contributed by atoms with E-state index in [1.807, 2.05) is 6.07 Å². The summed E-state index contributed by atoms with van der Waals surface area (Å²) in [6.07, 6.45) is 3.27. The number of piperazine rings is 1. The molecule has 1 aromatic rings. The van der Waals surface area contributed by atoms with Gasteiger partial charge in [0.25, 0.3) is 0 Å². The minimum absolute atomic E-state index is 0.608. The van der Waals surface area contributed by atoms with Gasteiger partial charge in [-0.1, -0.05) is 0 Å². The lowest BCUT2D eigenvalue weighted by atomic mass is 9.99. The van der Waals surface area contributed by atoms with Crippen LogP contribution >= 0.6 is 11.6 Å². The lowest BCUT2D eigenvalue weighted by molar-refractivity contribution is 0.0982. The monoisotopic (exact) mass is 366 g/mol. The molecule has 2 aliphatic heterocycles. The fourth-order valence-corrected chi connectivity index (χ4v) is 4.27. The molecule has 25 heavy (non-hydrogen) atoms. The highest BCUT2D eigenvalue weighted by Gasteiger charge is 2.27. The number of nitrogens with zero attached hydrogens (tertiary/aromatic N) is 3. The number of ether oxygens (including phenoxy) is 1. The predicted octanol–water partition coefficient (Wildman–Crippen LogP) is 2.27. The molecule has 2 N–H and O–H groups in total. The molecule has 0 saturated carbocycles. The van der Waals surface area contributed by atoms with Gasteiger partial charge >= 0.3 is 0 Å². The van der Waals surface area contributed by atoms with Crippen molar-refractivity contribution in [3.63, 3.8) is 0 Å². The lowest BCUT2D eigenvalue weighted by Crippen LogP contribution is -2.52. The molecule has 2 fully saturated rings. The summed E-state index contributed by atoms with van der Waals surface area (Å²) in [6.45, 7) is 6.95. The molecule has 1 aromatic carbocycles. The Kier molecular flexibility index (Phi) is 6.31. The summed E-state index contributed by atoms with van der Waals surface area (Å²) < 4.78 is 5.44. The number of nitrogen functional groups attached to an aromatic ring is 1. The van der Waals surface area contributed by atoms with Crippen molar-refractivity contribution in [1.29, 1.82) is 0 Å². The number of hydrogen-bond acceptors (Lipinski definition) is 5. The average molecular weight is 367 g/mol. The van der Waals surface area contributed by atoms with Gasteiger partial charge in [0, 0.05) is 62.9 Å². The van der Waals surface area contributed by atoms with Crippen LogP contribution < -0.4 is 15.4 Å². The Labute approximate surface area is 156 Å². The smallest absolute Gasteiger partial charge is 0.143 e. The summed E-state index contributed by atoms with van der Waals surface area (Å²) in [7, 11) is 3.89. The van der Waals surface area contributed by atoms with Crippen LogP contribution in [0.5, 0.6) is 5.75 Å². The number of likely N-dealkylation sites (N-methyl/N-ethyl adjacent to an activating group) is 1. The van der Waals surface area contributed by atoms with Crippen LogP contribution in [0.2, 0.25) is 0 Å². The number of hydrogen-bond donors (Lipinski definition) is 1. The number of piperidine rings is 1. The molecule has 3 rings (SSSR count). The molecule has 2 heterocycles. The SMILES string of the molecule is COc1cc(N2CCC(N3CCN(C)CC3)CC2)c(CCCl)cc1N. The zero-order valence-electron chi connectivity index (χ0n) is 15.5. The highest BCUT2D eigenvalue weighted by molar-refractivity contribution is 6.18. The second kappa shape index (κ2) is 8.47. The van der Waals surface area contributed by atoms with E-state index in [1.165, 1.54) is 50.3 Å². The molecular weight excluding hydrogens is 336 g/mol. The normalized spacial score (nSPS) is 20.8. The molecule has 0 radical (unpaired) electrons. The molecule has 0 amide bonds. The largest absolute Gasteiger partial charge is 0.495 e. The lowest BCUT2D eigenvalue weighted by Gasteiger charge is -2.43. The van der Waals surface area contributed by atoms with Crippen LogP contribution in [0.1, 0.15) is 18.4 Å². The van der Waals surface area contributed by atoms with Crippen molar-refractivity contribution in [3.8, 4) is 5.75 Å². The number of alkyl halides is 1. The maximum atomic E-state index is 6.09. The highest BCUT2D eigenvalue weighted by atomic mass is 35.5. The molecule has 2 aliphatic rings. The molecule has 0 aliphatic carbocycles. The van der Waals surface area contributed by atoms with Gasteiger partial charge in [0.1, 0.15) is 5.75 Å². The Morgan fingerprint density at radius 1 is 1.12 bits per heavy atom. The zero-order chi connectivity index (χ0) is 17.8. The van der Waals surface area contributed by atoms with Gasteiger partial charge in [-0.05, 0) is 37.9 Å². The molecule has 0 spiro atoms. The second-order valence-corrected chi connectivity index (χ2v) is 7.60. The van der Waals surface area contributed by atoms with Gasteiger partial charge in [-0.15, -0.1) is 11.6 Å². The van der Waals surface area contributed by atoms with Crippen molar-refractivity contribution in [2.45, 2.75) is 25.3 Å². The Hall–Kier alpha value is -1.17. The number of anilines is 2. The first-order chi connectivity index (χ1) is 12.1. The van der Waals surface area contributed by atoms with E-state index in [2.05, 4.69) is 27.8 Å². The Balaban J connectivity index is 1.67. The molecule has 6 heteroatoms. The first-order valence-corrected chi connectivity index (χ1v) is 9.85. The summed E-state index contributed by atoms with van der Waals surface area (Å²) in [4.78, 5) is 7.59.